The summed E-state index contributed by atoms with van der Waals surface area (Å²) >= 11 is 6.10. The minimum absolute atomic E-state index is 0.241. The van der Waals surface area contributed by atoms with Crippen molar-refractivity contribution in [3.63, 3.8) is 0 Å². The van der Waals surface area contributed by atoms with Crippen LogP contribution in [0.3, 0.4) is 0 Å². The van der Waals surface area contributed by atoms with Crippen LogP contribution in [0.1, 0.15) is 24.9 Å². The summed E-state index contributed by atoms with van der Waals surface area (Å²) in [5.74, 6) is -0.435. The summed E-state index contributed by atoms with van der Waals surface area (Å²) in [6, 6.07) is 2.56. The average molecular weight is 300 g/mol. The van der Waals surface area contributed by atoms with E-state index in [1.165, 1.54) is 6.92 Å². The van der Waals surface area contributed by atoms with Crippen LogP contribution in [0.4, 0.5) is 0 Å². The van der Waals surface area contributed by atoms with E-state index in [0.29, 0.717) is 35.3 Å². The molecule has 0 aromatic heterocycles. The quantitative estimate of drug-likeness (QED) is 0.885. The summed E-state index contributed by atoms with van der Waals surface area (Å²) in [4.78, 5) is 22.1. The zero-order chi connectivity index (χ0) is 14.7. The van der Waals surface area contributed by atoms with E-state index >= 15 is 0 Å². The van der Waals surface area contributed by atoms with E-state index in [1.807, 2.05) is 0 Å². The predicted molar refractivity (Wildman–Crippen MR) is 71.3 cm³/mol. The van der Waals surface area contributed by atoms with Crippen molar-refractivity contribution in [3.05, 3.63) is 22.7 Å². The highest BCUT2D eigenvalue weighted by molar-refractivity contribution is 6.32. The minimum Gasteiger partial charge on any atom is -0.486 e. The molecule has 1 aromatic carbocycles. The topological polar surface area (TPSA) is 84.9 Å². The molecule has 0 fully saturated rings. The number of fused-ring (bicyclic) bond motifs is 1. The Labute approximate surface area is 120 Å². The van der Waals surface area contributed by atoms with Crippen LogP contribution in [-0.4, -0.2) is 30.2 Å². The summed E-state index contributed by atoms with van der Waals surface area (Å²) in [6.45, 7) is 2.14. The zero-order valence-corrected chi connectivity index (χ0v) is 11.6. The van der Waals surface area contributed by atoms with Crippen molar-refractivity contribution in [1.29, 1.82) is 0 Å². The van der Waals surface area contributed by atoms with Crippen molar-refractivity contribution in [3.8, 4) is 11.5 Å². The van der Waals surface area contributed by atoms with Crippen LogP contribution in [-0.2, 0) is 9.59 Å². The molecule has 0 radical (unpaired) electrons. The molecule has 2 N–H and O–H groups in total. The van der Waals surface area contributed by atoms with Crippen LogP contribution in [0.2, 0.25) is 5.02 Å². The van der Waals surface area contributed by atoms with Crippen molar-refractivity contribution in [1.82, 2.24) is 5.32 Å². The van der Waals surface area contributed by atoms with Gasteiger partial charge in [-0.15, -0.1) is 0 Å². The van der Waals surface area contributed by atoms with E-state index in [0.717, 1.165) is 0 Å². The van der Waals surface area contributed by atoms with Crippen molar-refractivity contribution in [2.45, 2.75) is 19.4 Å². The smallest absolute Gasteiger partial charge is 0.305 e. The Morgan fingerprint density at radius 2 is 2.10 bits per heavy atom. The summed E-state index contributed by atoms with van der Waals surface area (Å²) in [6.07, 6.45) is -0.241. The number of ether oxygens (including phenoxy) is 2. The third-order valence-corrected chi connectivity index (χ3v) is 3.06. The van der Waals surface area contributed by atoms with Gasteiger partial charge in [0.2, 0.25) is 5.91 Å². The van der Waals surface area contributed by atoms with Gasteiger partial charge in [0.1, 0.15) is 13.2 Å². The molecule has 20 heavy (non-hydrogen) atoms. The third-order valence-electron chi connectivity index (χ3n) is 2.78. The number of carboxylic acid groups (broad SMARTS) is 1. The lowest BCUT2D eigenvalue weighted by Gasteiger charge is -2.23. The summed E-state index contributed by atoms with van der Waals surface area (Å²) < 4.78 is 10.8. The molecule has 2 rings (SSSR count). The molecule has 1 aromatic rings. The van der Waals surface area contributed by atoms with E-state index in [2.05, 4.69) is 5.32 Å². The van der Waals surface area contributed by atoms with Gasteiger partial charge in [-0.05, 0) is 17.7 Å². The second-order valence-corrected chi connectivity index (χ2v) is 4.79. The van der Waals surface area contributed by atoms with Gasteiger partial charge in [0.15, 0.2) is 11.5 Å². The molecular formula is C13H14ClNO5. The lowest BCUT2D eigenvalue weighted by molar-refractivity contribution is -0.137. The van der Waals surface area contributed by atoms with Crippen LogP contribution in [0.5, 0.6) is 11.5 Å². The number of aliphatic carboxylic acids is 1. The molecule has 0 unspecified atom stereocenters. The standard InChI is InChI=1S/C13H14ClNO5/c1-7(16)15-10(6-12(17)18)8-4-9(14)13-11(5-8)19-2-3-20-13/h4-5,10H,2-3,6H2,1H3,(H,15,16)(H,17,18)/t10-/m0/s1. The normalized spacial score (nSPS) is 14.5. The molecule has 0 saturated carbocycles. The molecule has 1 heterocycles. The summed E-state index contributed by atoms with van der Waals surface area (Å²) in [7, 11) is 0. The Morgan fingerprint density at radius 3 is 2.75 bits per heavy atom. The Bertz CT molecular complexity index is 530. The van der Waals surface area contributed by atoms with Gasteiger partial charge < -0.3 is 19.9 Å². The fourth-order valence-corrected chi connectivity index (χ4v) is 2.28. The monoisotopic (exact) mass is 299 g/mol. The van der Waals surface area contributed by atoms with Gasteiger partial charge in [-0.1, -0.05) is 11.6 Å². The first-order valence-electron chi connectivity index (χ1n) is 6.05. The number of carbonyl (C=O) groups excluding carboxylic acids is 1. The van der Waals surface area contributed by atoms with E-state index in [1.54, 1.807) is 12.1 Å². The Kier molecular flexibility index (Phi) is 4.34. The first-order chi connectivity index (χ1) is 9.47. The van der Waals surface area contributed by atoms with Gasteiger partial charge in [-0.2, -0.15) is 0 Å². The highest BCUT2D eigenvalue weighted by Gasteiger charge is 2.22. The second-order valence-electron chi connectivity index (χ2n) is 4.38. The van der Waals surface area contributed by atoms with Crippen molar-refractivity contribution in [2.75, 3.05) is 13.2 Å². The molecule has 6 nitrogen and oxygen atoms in total. The fraction of sp³-hybridized carbons (Fsp3) is 0.385. The lowest BCUT2D eigenvalue weighted by atomic mass is 10.0. The van der Waals surface area contributed by atoms with Gasteiger partial charge in [0, 0.05) is 6.92 Å². The fourth-order valence-electron chi connectivity index (χ4n) is 2.00. The maximum Gasteiger partial charge on any atom is 0.305 e. The Balaban J connectivity index is 2.34. The second kappa shape index (κ2) is 6.00. The Morgan fingerprint density at radius 1 is 1.40 bits per heavy atom. The van der Waals surface area contributed by atoms with Gasteiger partial charge in [0.05, 0.1) is 17.5 Å². The SMILES string of the molecule is CC(=O)N[C@@H](CC(=O)O)c1cc(Cl)c2c(c1)OCCO2. The average Bonchev–Trinajstić information content (AvgIpc) is 2.37. The van der Waals surface area contributed by atoms with Gasteiger partial charge in [-0.3, -0.25) is 9.59 Å². The Hall–Kier alpha value is -1.95. The molecule has 108 valence electrons. The molecule has 0 bridgehead atoms. The number of amides is 1. The highest BCUT2D eigenvalue weighted by atomic mass is 35.5. The van der Waals surface area contributed by atoms with Crippen LogP contribution in [0, 0.1) is 0 Å². The highest BCUT2D eigenvalue weighted by Crippen LogP contribution is 2.40. The predicted octanol–water partition coefficient (Wildman–Crippen LogP) is 1.76. The molecule has 0 aliphatic carbocycles. The van der Waals surface area contributed by atoms with Gasteiger partial charge in [-0.25, -0.2) is 0 Å². The maximum atomic E-state index is 11.2. The summed E-state index contributed by atoms with van der Waals surface area (Å²) in [5.41, 5.74) is 0.567. The van der Waals surface area contributed by atoms with Crippen LogP contribution in [0.15, 0.2) is 12.1 Å². The molecule has 1 aliphatic rings. The number of nitrogens with one attached hydrogen (secondary N) is 1. The zero-order valence-electron chi connectivity index (χ0n) is 10.8. The minimum atomic E-state index is -1.02. The van der Waals surface area contributed by atoms with E-state index in [9.17, 15) is 9.59 Å². The molecule has 1 atom stereocenters. The first-order valence-corrected chi connectivity index (χ1v) is 6.43. The largest absolute Gasteiger partial charge is 0.486 e. The third kappa shape index (κ3) is 3.33. The maximum absolute atomic E-state index is 11.2. The van der Waals surface area contributed by atoms with E-state index in [4.69, 9.17) is 26.2 Å². The number of hydrogen-bond donors (Lipinski definition) is 2. The van der Waals surface area contributed by atoms with Crippen LogP contribution in [0.25, 0.3) is 0 Å². The molecule has 0 spiro atoms. The number of carbonyl (C=O) groups is 2. The van der Waals surface area contributed by atoms with Gasteiger partial charge >= 0.3 is 5.97 Å². The van der Waals surface area contributed by atoms with Crippen LogP contribution >= 0.6 is 11.6 Å². The molecule has 7 heteroatoms. The van der Waals surface area contributed by atoms with Gasteiger partial charge in [0.25, 0.3) is 0 Å². The van der Waals surface area contributed by atoms with E-state index < -0.39 is 12.0 Å². The molecular weight excluding hydrogens is 286 g/mol. The van der Waals surface area contributed by atoms with Crippen molar-refractivity contribution in [2.24, 2.45) is 0 Å². The van der Waals surface area contributed by atoms with Crippen molar-refractivity contribution < 1.29 is 24.2 Å². The summed E-state index contributed by atoms with van der Waals surface area (Å²) in [5, 5.41) is 11.8. The van der Waals surface area contributed by atoms with Crippen LogP contribution < -0.4 is 14.8 Å². The number of hydrogen-bond acceptors (Lipinski definition) is 4. The molecule has 0 saturated heterocycles. The number of carboxylic acids is 1. The number of halogens is 1. The number of rotatable bonds is 4. The molecule has 1 amide bonds. The number of benzene rings is 1. The lowest BCUT2D eigenvalue weighted by Crippen LogP contribution is -2.28. The van der Waals surface area contributed by atoms with E-state index in [-0.39, 0.29) is 12.3 Å². The molecule has 1 aliphatic heterocycles. The van der Waals surface area contributed by atoms with Crippen molar-refractivity contribution >= 4 is 23.5 Å². The first kappa shape index (κ1) is 14.5.